The van der Waals surface area contributed by atoms with Crippen molar-refractivity contribution in [2.24, 2.45) is 4.99 Å². The molecular weight excluding hydrogens is 413 g/mol. The van der Waals surface area contributed by atoms with E-state index in [-0.39, 0.29) is 36.4 Å². The van der Waals surface area contributed by atoms with Gasteiger partial charge in [0.1, 0.15) is 11.6 Å². The molecule has 0 aliphatic heterocycles. The second-order valence-electron chi connectivity index (χ2n) is 4.82. The van der Waals surface area contributed by atoms with Crippen LogP contribution >= 0.6 is 35.3 Å². The van der Waals surface area contributed by atoms with E-state index in [1.807, 2.05) is 13.8 Å². The van der Waals surface area contributed by atoms with Crippen LogP contribution in [0.25, 0.3) is 0 Å². The zero-order valence-electron chi connectivity index (χ0n) is 13.6. The minimum Gasteiger partial charge on any atom is -0.357 e. The minimum absolute atomic E-state index is 0. The van der Waals surface area contributed by atoms with Crippen LogP contribution in [0.1, 0.15) is 44.3 Å². The molecule has 1 amide bonds. The third-order valence-electron chi connectivity index (χ3n) is 2.67. The first-order valence-corrected chi connectivity index (χ1v) is 8.17. The number of rotatable bonds is 7. The Labute approximate surface area is 153 Å². The molecule has 1 aromatic rings. The molecule has 0 radical (unpaired) electrons. The van der Waals surface area contributed by atoms with Gasteiger partial charge in [0.2, 0.25) is 5.91 Å². The summed E-state index contributed by atoms with van der Waals surface area (Å²) in [6.07, 6.45) is 0. The summed E-state index contributed by atoms with van der Waals surface area (Å²) in [5.41, 5.74) is 1.11. The lowest BCUT2D eigenvalue weighted by Gasteiger charge is -2.10. The number of thiazole rings is 1. The summed E-state index contributed by atoms with van der Waals surface area (Å²) in [5.74, 6) is 0.991. The van der Waals surface area contributed by atoms with Gasteiger partial charge in [0.15, 0.2) is 5.96 Å². The third kappa shape index (κ3) is 7.92. The van der Waals surface area contributed by atoms with E-state index >= 15 is 0 Å². The first-order chi connectivity index (χ1) is 10.1. The molecule has 0 fully saturated rings. The number of aromatic nitrogens is 1. The van der Waals surface area contributed by atoms with E-state index in [1.165, 1.54) is 0 Å². The van der Waals surface area contributed by atoms with Gasteiger partial charge in [-0.1, -0.05) is 13.8 Å². The Morgan fingerprint density at radius 3 is 2.50 bits per heavy atom. The maximum atomic E-state index is 11.4. The Kier molecular flexibility index (Phi) is 11.2. The first kappa shape index (κ1) is 21.1. The highest BCUT2D eigenvalue weighted by Crippen LogP contribution is 2.17. The number of guanidine groups is 1. The van der Waals surface area contributed by atoms with Gasteiger partial charge in [-0.3, -0.25) is 4.79 Å². The summed E-state index contributed by atoms with van der Waals surface area (Å²) in [6, 6.07) is 0. The van der Waals surface area contributed by atoms with Crippen LogP contribution in [0.4, 0.5) is 0 Å². The fourth-order valence-electron chi connectivity index (χ4n) is 1.58. The number of nitrogens with zero attached hydrogens (tertiary/aromatic N) is 2. The highest BCUT2D eigenvalue weighted by Gasteiger charge is 2.06. The molecule has 126 valence electrons. The zero-order chi connectivity index (χ0) is 15.7. The first-order valence-electron chi connectivity index (χ1n) is 7.30. The summed E-state index contributed by atoms with van der Waals surface area (Å²) in [7, 11) is 0. The zero-order valence-corrected chi connectivity index (χ0v) is 16.7. The highest BCUT2D eigenvalue weighted by atomic mass is 127. The van der Waals surface area contributed by atoms with Crippen molar-refractivity contribution in [1.82, 2.24) is 20.9 Å². The van der Waals surface area contributed by atoms with Gasteiger partial charge in [0.25, 0.3) is 0 Å². The Morgan fingerprint density at radius 2 is 1.95 bits per heavy atom. The molecular formula is C14H26IN5OS. The Bertz CT molecular complexity index is 476. The van der Waals surface area contributed by atoms with Crippen molar-refractivity contribution in [3.63, 3.8) is 0 Å². The summed E-state index contributed by atoms with van der Waals surface area (Å²) >= 11 is 1.63. The maximum Gasteiger partial charge on any atom is 0.241 e. The van der Waals surface area contributed by atoms with E-state index in [0.29, 0.717) is 25.0 Å². The largest absolute Gasteiger partial charge is 0.357 e. The van der Waals surface area contributed by atoms with Crippen molar-refractivity contribution < 1.29 is 4.79 Å². The van der Waals surface area contributed by atoms with E-state index < -0.39 is 0 Å². The average molecular weight is 439 g/mol. The van der Waals surface area contributed by atoms with Crippen LogP contribution in [0.2, 0.25) is 0 Å². The second kappa shape index (κ2) is 11.6. The van der Waals surface area contributed by atoms with Gasteiger partial charge >= 0.3 is 0 Å². The number of hydrogen-bond acceptors (Lipinski definition) is 4. The number of likely N-dealkylation sites (N-methyl/N-ethyl adjacent to an activating group) is 1. The van der Waals surface area contributed by atoms with Crippen LogP contribution in [0.15, 0.2) is 10.4 Å². The predicted octanol–water partition coefficient (Wildman–Crippen LogP) is 2.08. The van der Waals surface area contributed by atoms with Gasteiger partial charge in [-0.05, 0) is 19.8 Å². The van der Waals surface area contributed by atoms with Gasteiger partial charge in [0.05, 0.1) is 12.2 Å². The maximum absolute atomic E-state index is 11.4. The molecule has 1 rings (SSSR count). The quantitative estimate of drug-likeness (QED) is 0.346. The number of amides is 1. The molecule has 0 spiro atoms. The van der Waals surface area contributed by atoms with Crippen molar-refractivity contribution in [2.45, 2.75) is 40.2 Å². The van der Waals surface area contributed by atoms with E-state index in [2.05, 4.69) is 45.2 Å². The lowest BCUT2D eigenvalue weighted by molar-refractivity contribution is -0.119. The van der Waals surface area contributed by atoms with Crippen LogP contribution in [-0.4, -0.2) is 36.5 Å². The molecule has 0 bridgehead atoms. The molecule has 1 heterocycles. The highest BCUT2D eigenvalue weighted by molar-refractivity contribution is 14.0. The summed E-state index contributed by atoms with van der Waals surface area (Å²) in [6.45, 7) is 10.2. The van der Waals surface area contributed by atoms with Gasteiger partial charge in [-0.15, -0.1) is 35.3 Å². The molecule has 0 aliphatic carbocycles. The van der Waals surface area contributed by atoms with Crippen LogP contribution in [0.5, 0.6) is 0 Å². The Morgan fingerprint density at radius 1 is 1.27 bits per heavy atom. The van der Waals surface area contributed by atoms with Gasteiger partial charge in [0, 0.05) is 18.5 Å². The number of nitrogens with one attached hydrogen (secondary N) is 3. The third-order valence-corrected chi connectivity index (χ3v) is 3.53. The Balaban J connectivity index is 0.00000441. The monoisotopic (exact) mass is 439 g/mol. The fourth-order valence-corrected chi connectivity index (χ4v) is 2.47. The molecule has 0 saturated heterocycles. The summed E-state index contributed by atoms with van der Waals surface area (Å²) < 4.78 is 0. The van der Waals surface area contributed by atoms with Crippen molar-refractivity contribution in [3.05, 3.63) is 16.1 Å². The molecule has 0 atom stereocenters. The topological polar surface area (TPSA) is 78.4 Å². The molecule has 0 saturated carbocycles. The number of hydrogen-bond donors (Lipinski definition) is 3. The SMILES string of the molecule is CCNC(=O)CN=C(NCC)NCc1nc(C(C)C)cs1.I. The lowest BCUT2D eigenvalue weighted by Crippen LogP contribution is -2.38. The standard InChI is InChI=1S/C14H25N5OS.HI/c1-5-15-12(20)7-17-14(16-6-2)18-8-13-19-11(9-21-13)10(3)4;/h9-10H,5-8H2,1-4H3,(H,15,20)(H2,16,17,18);1H. The molecule has 6 nitrogen and oxygen atoms in total. The van der Waals surface area contributed by atoms with Gasteiger partial charge in [-0.2, -0.15) is 0 Å². The van der Waals surface area contributed by atoms with E-state index in [1.54, 1.807) is 11.3 Å². The minimum atomic E-state index is -0.0777. The predicted molar refractivity (Wildman–Crippen MR) is 103 cm³/mol. The number of aliphatic imine (C=N–C) groups is 1. The normalized spacial score (nSPS) is 11.0. The van der Waals surface area contributed by atoms with Crippen LogP contribution in [0, 0.1) is 0 Å². The molecule has 1 aromatic heterocycles. The molecule has 8 heteroatoms. The molecule has 0 aliphatic rings. The van der Waals surface area contributed by atoms with Gasteiger partial charge < -0.3 is 16.0 Å². The molecule has 0 aromatic carbocycles. The lowest BCUT2D eigenvalue weighted by atomic mass is 10.2. The number of carbonyl (C=O) groups excluding carboxylic acids is 1. The van der Waals surface area contributed by atoms with Gasteiger partial charge in [-0.25, -0.2) is 9.98 Å². The second-order valence-corrected chi connectivity index (χ2v) is 5.77. The van der Waals surface area contributed by atoms with Crippen LogP contribution in [0.3, 0.4) is 0 Å². The van der Waals surface area contributed by atoms with Crippen molar-refractivity contribution >= 4 is 47.2 Å². The fraction of sp³-hybridized carbons (Fsp3) is 0.643. The molecule has 0 unspecified atom stereocenters. The number of halogens is 1. The van der Waals surface area contributed by atoms with E-state index in [9.17, 15) is 4.79 Å². The van der Waals surface area contributed by atoms with Crippen molar-refractivity contribution in [3.8, 4) is 0 Å². The van der Waals surface area contributed by atoms with E-state index in [4.69, 9.17) is 0 Å². The van der Waals surface area contributed by atoms with E-state index in [0.717, 1.165) is 17.2 Å². The smallest absolute Gasteiger partial charge is 0.241 e. The van der Waals surface area contributed by atoms with Crippen LogP contribution in [-0.2, 0) is 11.3 Å². The average Bonchev–Trinajstić information content (AvgIpc) is 2.91. The van der Waals surface area contributed by atoms with Crippen molar-refractivity contribution in [2.75, 3.05) is 19.6 Å². The number of carbonyl (C=O) groups is 1. The molecule has 3 N–H and O–H groups in total. The summed E-state index contributed by atoms with van der Waals surface area (Å²) in [5, 5.41) is 12.1. The van der Waals surface area contributed by atoms with Crippen molar-refractivity contribution in [1.29, 1.82) is 0 Å². The van der Waals surface area contributed by atoms with Crippen LogP contribution < -0.4 is 16.0 Å². The molecule has 22 heavy (non-hydrogen) atoms. The summed E-state index contributed by atoms with van der Waals surface area (Å²) in [4.78, 5) is 20.2. The Hall–Kier alpha value is -0.900.